The molecule has 2 saturated heterocycles. The van der Waals surface area contributed by atoms with Crippen molar-refractivity contribution in [3.63, 3.8) is 0 Å². The fourth-order valence-corrected chi connectivity index (χ4v) is 5.23. The molecule has 1 amide bonds. The third kappa shape index (κ3) is 4.06. The number of carbonyl (C=O) groups excluding carboxylic acids is 1. The third-order valence-corrected chi connectivity index (χ3v) is 7.16. The van der Waals surface area contributed by atoms with E-state index in [0.29, 0.717) is 18.9 Å². The van der Waals surface area contributed by atoms with Crippen molar-refractivity contribution in [2.24, 2.45) is 5.92 Å². The largest absolute Gasteiger partial charge is 0.342 e. The summed E-state index contributed by atoms with van der Waals surface area (Å²) in [5.41, 5.74) is 0. The lowest BCUT2D eigenvalue weighted by Gasteiger charge is -2.33. The highest BCUT2D eigenvalue weighted by molar-refractivity contribution is 7.89. The van der Waals surface area contributed by atoms with Crippen LogP contribution in [0.5, 0.6) is 0 Å². The first-order chi connectivity index (χ1) is 12.4. The van der Waals surface area contributed by atoms with Gasteiger partial charge in [-0.1, -0.05) is 12.8 Å². The van der Waals surface area contributed by atoms with Gasteiger partial charge in [0.1, 0.15) is 16.5 Å². The average Bonchev–Trinajstić information content (AvgIpc) is 2.90. The molecule has 0 aliphatic carbocycles. The van der Waals surface area contributed by atoms with Gasteiger partial charge < -0.3 is 4.90 Å². The summed E-state index contributed by atoms with van der Waals surface area (Å²) in [5, 5.41) is 0. The van der Waals surface area contributed by atoms with E-state index in [4.69, 9.17) is 0 Å². The zero-order valence-electron chi connectivity index (χ0n) is 14.7. The quantitative estimate of drug-likeness (QED) is 0.803. The van der Waals surface area contributed by atoms with E-state index in [2.05, 4.69) is 0 Å². The number of piperidine rings is 1. The fourth-order valence-electron chi connectivity index (χ4n) is 3.72. The first kappa shape index (κ1) is 19.2. The molecule has 2 heterocycles. The standard InChI is InChI=1S/C18H24F2N2O3S/c19-15-5-6-17(16(20)13-15)26(24,25)22-11-7-14(8-12-22)18(23)21-9-3-1-2-4-10-21/h5-6,13-14H,1-4,7-12H2. The molecule has 8 heteroatoms. The average molecular weight is 386 g/mol. The Morgan fingerprint density at radius 3 is 2.15 bits per heavy atom. The van der Waals surface area contributed by atoms with Crippen molar-refractivity contribution >= 4 is 15.9 Å². The van der Waals surface area contributed by atoms with Gasteiger partial charge in [-0.25, -0.2) is 17.2 Å². The Labute approximate surface area is 153 Å². The molecule has 144 valence electrons. The van der Waals surface area contributed by atoms with Gasteiger partial charge in [0.05, 0.1) is 0 Å². The van der Waals surface area contributed by atoms with Crippen LogP contribution in [0.4, 0.5) is 8.78 Å². The number of benzene rings is 1. The van der Waals surface area contributed by atoms with Crippen LogP contribution >= 0.6 is 0 Å². The van der Waals surface area contributed by atoms with Crippen LogP contribution in [-0.4, -0.2) is 49.7 Å². The minimum Gasteiger partial charge on any atom is -0.342 e. The zero-order valence-corrected chi connectivity index (χ0v) is 15.5. The lowest BCUT2D eigenvalue weighted by molar-refractivity contribution is -0.136. The molecule has 2 aliphatic heterocycles. The molecule has 1 aromatic carbocycles. The molecule has 2 aliphatic rings. The van der Waals surface area contributed by atoms with Crippen molar-refractivity contribution in [2.75, 3.05) is 26.2 Å². The van der Waals surface area contributed by atoms with Gasteiger partial charge in [0.2, 0.25) is 15.9 Å². The molecule has 0 unspecified atom stereocenters. The summed E-state index contributed by atoms with van der Waals surface area (Å²) < 4.78 is 53.3. The number of halogens is 2. The van der Waals surface area contributed by atoms with Crippen LogP contribution in [0, 0.1) is 17.6 Å². The van der Waals surface area contributed by atoms with Gasteiger partial charge in [0.25, 0.3) is 0 Å². The maximum absolute atomic E-state index is 13.9. The summed E-state index contributed by atoms with van der Waals surface area (Å²) in [6.07, 6.45) is 5.17. The number of nitrogens with zero attached hydrogens (tertiary/aromatic N) is 2. The Morgan fingerprint density at radius 2 is 1.58 bits per heavy atom. The van der Waals surface area contributed by atoms with Crippen molar-refractivity contribution in [1.82, 2.24) is 9.21 Å². The van der Waals surface area contributed by atoms with Gasteiger partial charge in [0.15, 0.2) is 0 Å². The summed E-state index contributed by atoms with van der Waals surface area (Å²) >= 11 is 0. The predicted octanol–water partition coefficient (Wildman–Crippen LogP) is 2.77. The van der Waals surface area contributed by atoms with Crippen LogP contribution in [0.25, 0.3) is 0 Å². The Bertz CT molecular complexity index is 754. The molecule has 0 atom stereocenters. The van der Waals surface area contributed by atoms with E-state index < -0.39 is 26.6 Å². The Balaban J connectivity index is 1.65. The fraction of sp³-hybridized carbons (Fsp3) is 0.611. The number of rotatable bonds is 3. The molecular weight excluding hydrogens is 362 g/mol. The second kappa shape index (κ2) is 8.00. The first-order valence-electron chi connectivity index (χ1n) is 9.13. The number of hydrogen-bond acceptors (Lipinski definition) is 3. The number of likely N-dealkylation sites (tertiary alicyclic amines) is 1. The highest BCUT2D eigenvalue weighted by Gasteiger charge is 2.35. The molecular formula is C18H24F2N2O3S. The summed E-state index contributed by atoms with van der Waals surface area (Å²) in [6, 6.07) is 2.46. The van der Waals surface area contributed by atoms with E-state index in [1.54, 1.807) is 0 Å². The number of sulfonamides is 1. The molecule has 5 nitrogen and oxygen atoms in total. The maximum Gasteiger partial charge on any atom is 0.245 e. The normalized spacial score (nSPS) is 20.8. The van der Waals surface area contributed by atoms with Crippen LogP contribution < -0.4 is 0 Å². The number of amides is 1. The minimum absolute atomic E-state index is 0.108. The topological polar surface area (TPSA) is 57.7 Å². The van der Waals surface area contributed by atoms with Crippen LogP contribution in [0.3, 0.4) is 0 Å². The molecule has 0 radical (unpaired) electrons. The maximum atomic E-state index is 13.9. The zero-order chi connectivity index (χ0) is 18.7. The third-order valence-electron chi connectivity index (χ3n) is 5.23. The molecule has 1 aromatic rings. The smallest absolute Gasteiger partial charge is 0.245 e. The van der Waals surface area contributed by atoms with Crippen LogP contribution in [0.1, 0.15) is 38.5 Å². The molecule has 0 aromatic heterocycles. The second-order valence-electron chi connectivity index (χ2n) is 6.99. The lowest BCUT2D eigenvalue weighted by Crippen LogP contribution is -2.44. The van der Waals surface area contributed by atoms with E-state index in [1.807, 2.05) is 4.90 Å². The van der Waals surface area contributed by atoms with E-state index in [9.17, 15) is 22.0 Å². The Hall–Kier alpha value is -1.54. The molecule has 26 heavy (non-hydrogen) atoms. The SMILES string of the molecule is O=C(C1CCN(S(=O)(=O)c2ccc(F)cc2F)CC1)N1CCCCCC1. The van der Waals surface area contributed by atoms with Gasteiger partial charge in [-0.15, -0.1) is 0 Å². The minimum atomic E-state index is -4.02. The molecule has 0 bridgehead atoms. The lowest BCUT2D eigenvalue weighted by atomic mass is 9.96. The Kier molecular flexibility index (Phi) is 5.92. The van der Waals surface area contributed by atoms with Gasteiger partial charge in [-0.05, 0) is 37.8 Å². The van der Waals surface area contributed by atoms with E-state index in [0.717, 1.165) is 50.9 Å². The van der Waals surface area contributed by atoms with Crippen LogP contribution in [-0.2, 0) is 14.8 Å². The molecule has 2 fully saturated rings. The molecule has 0 N–H and O–H groups in total. The van der Waals surface area contributed by atoms with Crippen LogP contribution in [0.15, 0.2) is 23.1 Å². The summed E-state index contributed by atoms with van der Waals surface area (Å²) in [6.45, 7) is 1.89. The number of carbonyl (C=O) groups is 1. The van der Waals surface area contributed by atoms with Crippen LogP contribution in [0.2, 0.25) is 0 Å². The summed E-state index contributed by atoms with van der Waals surface area (Å²) in [7, 11) is -4.02. The van der Waals surface area contributed by atoms with E-state index >= 15 is 0 Å². The van der Waals surface area contributed by atoms with Gasteiger partial charge in [0, 0.05) is 38.2 Å². The van der Waals surface area contributed by atoms with Gasteiger partial charge >= 0.3 is 0 Å². The molecule has 3 rings (SSSR count). The van der Waals surface area contributed by atoms with Crippen molar-refractivity contribution in [3.8, 4) is 0 Å². The van der Waals surface area contributed by atoms with Crippen molar-refractivity contribution in [2.45, 2.75) is 43.4 Å². The molecule has 0 saturated carbocycles. The highest BCUT2D eigenvalue weighted by atomic mass is 32.2. The van der Waals surface area contributed by atoms with E-state index in [-0.39, 0.29) is 24.9 Å². The summed E-state index contributed by atoms with van der Waals surface area (Å²) in [4.78, 5) is 14.1. The first-order valence-corrected chi connectivity index (χ1v) is 10.6. The molecule has 0 spiro atoms. The predicted molar refractivity (Wildman–Crippen MR) is 92.9 cm³/mol. The second-order valence-corrected chi connectivity index (χ2v) is 8.90. The monoisotopic (exact) mass is 386 g/mol. The van der Waals surface area contributed by atoms with Crippen molar-refractivity contribution < 1.29 is 22.0 Å². The van der Waals surface area contributed by atoms with Gasteiger partial charge in [-0.3, -0.25) is 4.79 Å². The highest BCUT2D eigenvalue weighted by Crippen LogP contribution is 2.27. The van der Waals surface area contributed by atoms with Gasteiger partial charge in [-0.2, -0.15) is 4.31 Å². The van der Waals surface area contributed by atoms with Crippen molar-refractivity contribution in [3.05, 3.63) is 29.8 Å². The Morgan fingerprint density at radius 1 is 0.962 bits per heavy atom. The number of hydrogen-bond donors (Lipinski definition) is 0. The summed E-state index contributed by atoms with van der Waals surface area (Å²) in [5.74, 6) is -1.98. The van der Waals surface area contributed by atoms with Crippen molar-refractivity contribution in [1.29, 1.82) is 0 Å². The van der Waals surface area contributed by atoms with E-state index in [1.165, 1.54) is 4.31 Å².